The number of halogens is 1. The lowest BCUT2D eigenvalue weighted by atomic mass is 10.1. The summed E-state index contributed by atoms with van der Waals surface area (Å²) in [6.45, 7) is 2.02. The highest BCUT2D eigenvalue weighted by Gasteiger charge is 2.23. The van der Waals surface area contributed by atoms with E-state index in [1.807, 2.05) is 6.92 Å². The Balaban J connectivity index is 1.91. The molecule has 0 bridgehead atoms. The Bertz CT molecular complexity index is 526. The highest BCUT2D eigenvalue weighted by atomic mass is 19.1. The fourth-order valence-corrected chi connectivity index (χ4v) is 1.86. The number of aromatic amines is 1. The minimum Gasteiger partial charge on any atom is -0.366 e. The molecule has 2 aromatic rings. The molecule has 0 atom stereocenters. The van der Waals surface area contributed by atoms with Crippen LogP contribution in [-0.4, -0.2) is 16.2 Å². The van der Waals surface area contributed by atoms with Gasteiger partial charge in [-0.05, 0) is 44.0 Å². The Labute approximate surface area is 99.1 Å². The van der Waals surface area contributed by atoms with E-state index in [2.05, 4.69) is 15.5 Å². The molecule has 3 rings (SSSR count). The summed E-state index contributed by atoms with van der Waals surface area (Å²) < 4.78 is 12.9. The predicted octanol–water partition coefficient (Wildman–Crippen LogP) is 3.10. The highest BCUT2D eigenvalue weighted by molar-refractivity contribution is 5.68. The lowest BCUT2D eigenvalue weighted by Crippen LogP contribution is -2.02. The molecule has 0 amide bonds. The molecule has 4 heteroatoms. The second-order valence-corrected chi connectivity index (χ2v) is 4.50. The quantitative estimate of drug-likeness (QED) is 0.852. The van der Waals surface area contributed by atoms with E-state index in [-0.39, 0.29) is 5.82 Å². The first-order chi connectivity index (χ1) is 8.24. The zero-order valence-corrected chi connectivity index (χ0v) is 9.63. The van der Waals surface area contributed by atoms with Gasteiger partial charge in [0.05, 0.1) is 5.69 Å². The molecule has 1 fully saturated rings. The number of rotatable bonds is 3. The van der Waals surface area contributed by atoms with Crippen LogP contribution in [-0.2, 0) is 0 Å². The van der Waals surface area contributed by atoms with Crippen LogP contribution in [0.15, 0.2) is 24.3 Å². The first kappa shape index (κ1) is 10.3. The summed E-state index contributed by atoms with van der Waals surface area (Å²) in [4.78, 5) is 0. The number of hydrogen-bond acceptors (Lipinski definition) is 2. The zero-order chi connectivity index (χ0) is 11.8. The summed E-state index contributed by atoms with van der Waals surface area (Å²) in [5.41, 5.74) is 3.00. The topological polar surface area (TPSA) is 40.7 Å². The first-order valence-corrected chi connectivity index (χ1v) is 5.81. The van der Waals surface area contributed by atoms with Crippen LogP contribution in [0.2, 0.25) is 0 Å². The van der Waals surface area contributed by atoms with Crippen LogP contribution in [0, 0.1) is 12.7 Å². The fourth-order valence-electron chi connectivity index (χ4n) is 1.86. The molecular weight excluding hydrogens is 217 g/mol. The maximum absolute atomic E-state index is 12.9. The summed E-state index contributed by atoms with van der Waals surface area (Å²) in [7, 11) is 0. The molecule has 1 aromatic heterocycles. The lowest BCUT2D eigenvalue weighted by Gasteiger charge is -2.02. The molecule has 1 aliphatic carbocycles. The third-order valence-electron chi connectivity index (χ3n) is 3.06. The summed E-state index contributed by atoms with van der Waals surface area (Å²) in [6, 6.07) is 7.03. The van der Waals surface area contributed by atoms with E-state index in [4.69, 9.17) is 0 Å². The maximum Gasteiger partial charge on any atom is 0.151 e. The normalized spacial score (nSPS) is 14.9. The van der Waals surface area contributed by atoms with Gasteiger partial charge in [0.2, 0.25) is 0 Å². The van der Waals surface area contributed by atoms with Crippen molar-refractivity contribution < 1.29 is 4.39 Å². The van der Waals surface area contributed by atoms with Crippen LogP contribution in [0.4, 0.5) is 10.2 Å². The van der Waals surface area contributed by atoms with E-state index >= 15 is 0 Å². The summed E-state index contributed by atoms with van der Waals surface area (Å²) >= 11 is 0. The Hall–Kier alpha value is -1.84. The molecule has 0 spiro atoms. The Morgan fingerprint density at radius 3 is 2.65 bits per heavy atom. The van der Waals surface area contributed by atoms with Gasteiger partial charge in [-0.2, -0.15) is 5.10 Å². The molecule has 0 unspecified atom stereocenters. The number of nitrogens with one attached hydrogen (secondary N) is 2. The molecule has 1 aliphatic rings. The second-order valence-electron chi connectivity index (χ2n) is 4.50. The summed E-state index contributed by atoms with van der Waals surface area (Å²) in [6.07, 6.45) is 2.44. The molecular formula is C13H14FN3. The van der Waals surface area contributed by atoms with Gasteiger partial charge in [-0.3, -0.25) is 5.10 Å². The molecule has 1 heterocycles. The van der Waals surface area contributed by atoms with Crippen LogP contribution in [0.5, 0.6) is 0 Å². The minimum absolute atomic E-state index is 0.220. The van der Waals surface area contributed by atoms with Gasteiger partial charge in [-0.25, -0.2) is 4.39 Å². The van der Waals surface area contributed by atoms with Gasteiger partial charge in [0.1, 0.15) is 5.82 Å². The molecule has 17 heavy (non-hydrogen) atoms. The van der Waals surface area contributed by atoms with Crippen molar-refractivity contribution in [2.45, 2.75) is 25.8 Å². The van der Waals surface area contributed by atoms with Gasteiger partial charge < -0.3 is 5.32 Å². The van der Waals surface area contributed by atoms with Crippen molar-refractivity contribution in [2.24, 2.45) is 0 Å². The van der Waals surface area contributed by atoms with E-state index in [1.165, 1.54) is 25.0 Å². The van der Waals surface area contributed by atoms with Crippen LogP contribution < -0.4 is 5.32 Å². The van der Waals surface area contributed by atoms with Crippen molar-refractivity contribution in [3.63, 3.8) is 0 Å². The molecule has 0 saturated heterocycles. The third kappa shape index (κ3) is 2.02. The van der Waals surface area contributed by atoms with E-state index in [0.717, 1.165) is 22.6 Å². The van der Waals surface area contributed by atoms with Crippen LogP contribution in [0.1, 0.15) is 18.4 Å². The van der Waals surface area contributed by atoms with Gasteiger partial charge in [0.15, 0.2) is 5.82 Å². The van der Waals surface area contributed by atoms with E-state index in [1.54, 1.807) is 12.1 Å². The summed E-state index contributed by atoms with van der Waals surface area (Å²) in [5.74, 6) is 0.689. The van der Waals surface area contributed by atoms with Crippen molar-refractivity contribution >= 4 is 5.82 Å². The average molecular weight is 231 g/mol. The van der Waals surface area contributed by atoms with Crippen molar-refractivity contribution in [1.82, 2.24) is 10.2 Å². The highest BCUT2D eigenvalue weighted by Crippen LogP contribution is 2.30. The number of hydrogen-bond donors (Lipinski definition) is 2. The Kier molecular flexibility index (Phi) is 2.35. The van der Waals surface area contributed by atoms with Gasteiger partial charge in [0.25, 0.3) is 0 Å². The second kappa shape index (κ2) is 3.87. The number of aromatic nitrogens is 2. The van der Waals surface area contributed by atoms with Crippen molar-refractivity contribution in [3.8, 4) is 11.3 Å². The van der Waals surface area contributed by atoms with Crippen molar-refractivity contribution in [1.29, 1.82) is 0 Å². The van der Waals surface area contributed by atoms with Crippen LogP contribution >= 0.6 is 0 Å². The minimum atomic E-state index is -0.220. The molecule has 88 valence electrons. The molecule has 2 N–H and O–H groups in total. The number of benzene rings is 1. The van der Waals surface area contributed by atoms with Gasteiger partial charge in [-0.15, -0.1) is 0 Å². The molecule has 0 radical (unpaired) electrons. The van der Waals surface area contributed by atoms with Crippen molar-refractivity contribution in [2.75, 3.05) is 5.32 Å². The Morgan fingerprint density at radius 2 is 2.00 bits per heavy atom. The maximum atomic E-state index is 12.9. The van der Waals surface area contributed by atoms with Gasteiger partial charge >= 0.3 is 0 Å². The number of H-pyrrole nitrogens is 1. The van der Waals surface area contributed by atoms with Gasteiger partial charge in [-0.1, -0.05) is 0 Å². The third-order valence-corrected chi connectivity index (χ3v) is 3.06. The largest absolute Gasteiger partial charge is 0.366 e. The Morgan fingerprint density at radius 1 is 1.29 bits per heavy atom. The van der Waals surface area contributed by atoms with Gasteiger partial charge in [0, 0.05) is 17.2 Å². The monoisotopic (exact) mass is 231 g/mol. The SMILES string of the molecule is Cc1c(NC2CC2)n[nH]c1-c1ccc(F)cc1. The zero-order valence-electron chi connectivity index (χ0n) is 9.63. The molecule has 0 aliphatic heterocycles. The fraction of sp³-hybridized carbons (Fsp3) is 0.308. The van der Waals surface area contributed by atoms with E-state index in [0.29, 0.717) is 6.04 Å². The molecule has 1 aromatic carbocycles. The summed E-state index contributed by atoms with van der Waals surface area (Å²) in [5, 5.41) is 10.6. The average Bonchev–Trinajstić information content (AvgIpc) is 3.07. The number of nitrogens with zero attached hydrogens (tertiary/aromatic N) is 1. The standard InChI is InChI=1S/C13H14FN3/c1-8-12(9-2-4-10(14)5-3-9)16-17-13(8)15-11-6-7-11/h2-5,11H,6-7H2,1H3,(H2,15,16,17). The predicted molar refractivity (Wildman–Crippen MR) is 65.4 cm³/mol. The van der Waals surface area contributed by atoms with Crippen LogP contribution in [0.25, 0.3) is 11.3 Å². The van der Waals surface area contributed by atoms with Crippen molar-refractivity contribution in [3.05, 3.63) is 35.6 Å². The molecule has 3 nitrogen and oxygen atoms in total. The number of anilines is 1. The molecule has 1 saturated carbocycles. The smallest absolute Gasteiger partial charge is 0.151 e. The van der Waals surface area contributed by atoms with E-state index in [9.17, 15) is 4.39 Å². The van der Waals surface area contributed by atoms with E-state index < -0.39 is 0 Å². The lowest BCUT2D eigenvalue weighted by molar-refractivity contribution is 0.628. The first-order valence-electron chi connectivity index (χ1n) is 5.81. The van der Waals surface area contributed by atoms with Crippen LogP contribution in [0.3, 0.4) is 0 Å².